The van der Waals surface area contributed by atoms with Gasteiger partial charge in [0, 0.05) is 49.9 Å². The number of benzene rings is 1. The first kappa shape index (κ1) is 25.4. The Morgan fingerprint density at radius 3 is 2.58 bits per heavy atom. The zero-order valence-electron chi connectivity index (χ0n) is 20.4. The molecule has 4 rings (SSSR count). The fourth-order valence-electron chi connectivity index (χ4n) is 4.93. The van der Waals surface area contributed by atoms with Gasteiger partial charge in [-0.05, 0) is 61.4 Å². The van der Waals surface area contributed by atoms with Gasteiger partial charge in [0.1, 0.15) is 11.6 Å². The van der Waals surface area contributed by atoms with Gasteiger partial charge in [0.25, 0.3) is 0 Å². The van der Waals surface area contributed by atoms with Crippen molar-refractivity contribution in [3.63, 3.8) is 0 Å². The van der Waals surface area contributed by atoms with Crippen LogP contribution in [-0.4, -0.2) is 45.4 Å². The molecule has 1 atom stereocenters. The number of carbonyl (C=O) groups excluding carboxylic acids is 2. The summed E-state index contributed by atoms with van der Waals surface area (Å²) in [4.78, 5) is 31.1. The van der Waals surface area contributed by atoms with Crippen LogP contribution < -0.4 is 0 Å². The number of Topliss-reactive ketones (excluding diaryl/α,β-unsaturated/α-hetero) is 1. The molecule has 0 aliphatic carbocycles. The van der Waals surface area contributed by atoms with Gasteiger partial charge in [0.05, 0.1) is 11.6 Å². The second kappa shape index (κ2) is 9.76. The summed E-state index contributed by atoms with van der Waals surface area (Å²) in [5.41, 5.74) is 4.42. The SMILES string of the molecule is Cc1c(CC(=O)c2cccc(C#N)c2)cnc2c1c(C1CCN(C(=O)[C@@H](C)C(F)(F)F)CC1)cn2C. The summed E-state index contributed by atoms with van der Waals surface area (Å²) in [7, 11) is 1.89. The van der Waals surface area contributed by atoms with E-state index in [9.17, 15) is 22.8 Å². The van der Waals surface area contributed by atoms with Crippen molar-refractivity contribution in [2.75, 3.05) is 13.1 Å². The summed E-state index contributed by atoms with van der Waals surface area (Å²) in [6, 6.07) is 8.64. The van der Waals surface area contributed by atoms with Gasteiger partial charge in [-0.25, -0.2) is 4.98 Å². The maximum atomic E-state index is 13.0. The second-order valence-electron chi connectivity index (χ2n) is 9.46. The van der Waals surface area contributed by atoms with E-state index in [-0.39, 0.29) is 31.2 Å². The summed E-state index contributed by atoms with van der Waals surface area (Å²) in [6.07, 6.45) is 0.398. The standard InChI is InChI=1S/C27H27F3N4O2/c1-16-21(12-23(35)20-6-4-5-18(11-20)13-31)14-32-25-24(16)22(15-33(25)3)19-7-9-34(10-8-19)26(36)17(2)27(28,29)30/h4-6,11,14-15,17,19H,7-10,12H2,1-3H3/t17-/m1/s1. The van der Waals surface area contributed by atoms with E-state index in [1.165, 1.54) is 4.90 Å². The Morgan fingerprint density at radius 2 is 1.94 bits per heavy atom. The highest BCUT2D eigenvalue weighted by Crippen LogP contribution is 2.37. The number of nitrogens with zero attached hydrogens (tertiary/aromatic N) is 4. The fraction of sp³-hybridized carbons (Fsp3) is 0.407. The van der Waals surface area contributed by atoms with Crippen molar-refractivity contribution >= 4 is 22.7 Å². The van der Waals surface area contributed by atoms with Crippen LogP contribution in [0.5, 0.6) is 0 Å². The lowest BCUT2D eigenvalue weighted by molar-refractivity contribution is -0.186. The lowest BCUT2D eigenvalue weighted by Gasteiger charge is -2.34. The highest BCUT2D eigenvalue weighted by atomic mass is 19.4. The molecule has 2 aromatic heterocycles. The van der Waals surface area contributed by atoms with Gasteiger partial charge in [-0.3, -0.25) is 9.59 Å². The van der Waals surface area contributed by atoms with Gasteiger partial charge in [-0.1, -0.05) is 12.1 Å². The molecule has 1 aromatic carbocycles. The first-order valence-corrected chi connectivity index (χ1v) is 11.8. The smallest absolute Gasteiger partial charge is 0.342 e. The molecule has 188 valence electrons. The second-order valence-corrected chi connectivity index (χ2v) is 9.46. The van der Waals surface area contributed by atoms with Gasteiger partial charge in [-0.2, -0.15) is 18.4 Å². The van der Waals surface area contributed by atoms with E-state index in [2.05, 4.69) is 4.98 Å². The van der Waals surface area contributed by atoms with Crippen molar-refractivity contribution < 1.29 is 22.8 Å². The molecule has 1 saturated heterocycles. The quantitative estimate of drug-likeness (QED) is 0.462. The first-order valence-electron chi connectivity index (χ1n) is 11.8. The third kappa shape index (κ3) is 4.85. The number of amides is 1. The number of nitriles is 1. The Kier molecular flexibility index (Phi) is 6.90. The molecule has 1 fully saturated rings. The number of likely N-dealkylation sites (tertiary alicyclic amines) is 1. The number of pyridine rings is 1. The number of ketones is 1. The maximum absolute atomic E-state index is 13.0. The van der Waals surface area contributed by atoms with Gasteiger partial charge >= 0.3 is 6.18 Å². The number of halogens is 3. The van der Waals surface area contributed by atoms with Crippen LogP contribution in [-0.2, 0) is 18.3 Å². The molecule has 0 bridgehead atoms. The van der Waals surface area contributed by atoms with Gasteiger partial charge in [0.15, 0.2) is 5.78 Å². The van der Waals surface area contributed by atoms with Crippen molar-refractivity contribution in [1.29, 1.82) is 5.26 Å². The third-order valence-electron chi connectivity index (χ3n) is 7.15. The van der Waals surface area contributed by atoms with Gasteiger partial charge < -0.3 is 9.47 Å². The number of alkyl halides is 3. The topological polar surface area (TPSA) is 79.0 Å². The molecule has 1 aliphatic rings. The highest BCUT2D eigenvalue weighted by molar-refractivity contribution is 5.98. The first-order chi connectivity index (χ1) is 17.0. The van der Waals surface area contributed by atoms with E-state index in [0.717, 1.165) is 34.6 Å². The molecule has 1 aliphatic heterocycles. The molecule has 6 nitrogen and oxygen atoms in total. The van der Waals surface area contributed by atoms with Crippen molar-refractivity contribution in [3.05, 3.63) is 64.5 Å². The summed E-state index contributed by atoms with van der Waals surface area (Å²) < 4.78 is 40.9. The van der Waals surface area contributed by atoms with Crippen LogP contribution in [0.25, 0.3) is 11.0 Å². The lowest BCUT2D eigenvalue weighted by atomic mass is 9.87. The molecule has 0 radical (unpaired) electrons. The van der Waals surface area contributed by atoms with E-state index in [4.69, 9.17) is 5.26 Å². The van der Waals surface area contributed by atoms with E-state index in [0.29, 0.717) is 24.0 Å². The molecular weight excluding hydrogens is 469 g/mol. The van der Waals surface area contributed by atoms with Crippen molar-refractivity contribution in [2.24, 2.45) is 13.0 Å². The lowest BCUT2D eigenvalue weighted by Crippen LogP contribution is -2.44. The molecule has 0 N–H and O–H groups in total. The summed E-state index contributed by atoms with van der Waals surface area (Å²) in [5.74, 6) is -2.93. The van der Waals surface area contributed by atoms with Crippen molar-refractivity contribution in [2.45, 2.75) is 45.2 Å². The van der Waals surface area contributed by atoms with Crippen molar-refractivity contribution in [3.8, 4) is 6.07 Å². The molecular formula is C27H27F3N4O2. The minimum atomic E-state index is -4.55. The molecule has 0 unspecified atom stereocenters. The average Bonchev–Trinajstić information content (AvgIpc) is 3.21. The Hall–Kier alpha value is -3.67. The number of carbonyl (C=O) groups is 2. The van der Waals surface area contributed by atoms with Gasteiger partial charge in [-0.15, -0.1) is 0 Å². The molecule has 36 heavy (non-hydrogen) atoms. The Bertz CT molecular complexity index is 1360. The molecule has 0 saturated carbocycles. The maximum Gasteiger partial charge on any atom is 0.400 e. The zero-order chi connectivity index (χ0) is 26.2. The Balaban J connectivity index is 1.57. The highest BCUT2D eigenvalue weighted by Gasteiger charge is 2.43. The van der Waals surface area contributed by atoms with Crippen LogP contribution in [0.2, 0.25) is 0 Å². The number of rotatable bonds is 5. The summed E-state index contributed by atoms with van der Waals surface area (Å²) in [5, 5.41) is 10.1. The largest absolute Gasteiger partial charge is 0.400 e. The van der Waals surface area contributed by atoms with Crippen LogP contribution in [0.4, 0.5) is 13.2 Å². The van der Waals surface area contributed by atoms with Gasteiger partial charge in [0.2, 0.25) is 5.91 Å². The minimum absolute atomic E-state index is 0.0673. The van der Waals surface area contributed by atoms with E-state index >= 15 is 0 Å². The number of aromatic nitrogens is 2. The van der Waals surface area contributed by atoms with E-state index in [1.54, 1.807) is 30.5 Å². The van der Waals surface area contributed by atoms with Crippen LogP contribution >= 0.6 is 0 Å². The average molecular weight is 497 g/mol. The number of hydrogen-bond donors (Lipinski definition) is 0. The van der Waals surface area contributed by atoms with Crippen LogP contribution in [0.1, 0.15) is 58.3 Å². The third-order valence-corrected chi connectivity index (χ3v) is 7.15. The predicted octanol–water partition coefficient (Wildman–Crippen LogP) is 5.08. The van der Waals surface area contributed by atoms with E-state index < -0.39 is 18.0 Å². The monoisotopic (exact) mass is 496 g/mol. The number of aryl methyl sites for hydroxylation is 2. The summed E-state index contributed by atoms with van der Waals surface area (Å²) >= 11 is 0. The molecule has 9 heteroatoms. The fourth-order valence-corrected chi connectivity index (χ4v) is 4.93. The molecule has 3 aromatic rings. The van der Waals surface area contributed by atoms with Crippen LogP contribution in [0.15, 0.2) is 36.7 Å². The van der Waals surface area contributed by atoms with E-state index in [1.807, 2.05) is 30.8 Å². The minimum Gasteiger partial charge on any atom is -0.342 e. The zero-order valence-corrected chi connectivity index (χ0v) is 20.4. The predicted molar refractivity (Wildman–Crippen MR) is 128 cm³/mol. The number of fused-ring (bicyclic) bond motifs is 1. The van der Waals surface area contributed by atoms with Crippen LogP contribution in [0.3, 0.4) is 0 Å². The Morgan fingerprint density at radius 1 is 1.25 bits per heavy atom. The van der Waals surface area contributed by atoms with Crippen molar-refractivity contribution in [1.82, 2.24) is 14.5 Å². The summed E-state index contributed by atoms with van der Waals surface area (Å²) in [6.45, 7) is 3.39. The molecule has 3 heterocycles. The number of hydrogen-bond acceptors (Lipinski definition) is 4. The van der Waals surface area contributed by atoms with Crippen LogP contribution in [0, 0.1) is 24.2 Å². The normalized spacial score (nSPS) is 15.6. The molecule has 0 spiro atoms. The molecule has 1 amide bonds. The number of piperidine rings is 1. The Labute approximate surface area is 207 Å².